The minimum atomic E-state index is -1.07. The van der Waals surface area contributed by atoms with Crippen LogP contribution in [0.2, 0.25) is 0 Å². The number of carbonyl (C=O) groups is 2. The van der Waals surface area contributed by atoms with Gasteiger partial charge in [-0.3, -0.25) is 4.79 Å². The number of fused-ring (bicyclic) bond motifs is 2. The van der Waals surface area contributed by atoms with Gasteiger partial charge in [-0.15, -0.1) is 11.3 Å². The van der Waals surface area contributed by atoms with Crippen molar-refractivity contribution in [2.24, 2.45) is 0 Å². The number of carbonyl (C=O) groups excluding carboxylic acids is 2. The Balaban J connectivity index is 1.33. The Morgan fingerprint density at radius 1 is 1.17 bits per heavy atom. The number of thiophene rings is 1. The second-order valence-corrected chi connectivity index (χ2v) is 9.51. The minimum absolute atomic E-state index is 0.169. The fourth-order valence-corrected chi connectivity index (χ4v) is 5.55. The number of nitrogens with zero attached hydrogens (tertiary/aromatic N) is 4. The fraction of sp³-hybridized carbons (Fsp3) is 0.269. The van der Waals surface area contributed by atoms with Crippen LogP contribution in [0.5, 0.6) is 0 Å². The molecule has 1 aromatic carbocycles. The van der Waals surface area contributed by atoms with Gasteiger partial charge >= 0.3 is 5.97 Å². The summed E-state index contributed by atoms with van der Waals surface area (Å²) in [5.41, 5.74) is 3.79. The average molecular weight is 486 g/mol. The number of rotatable bonds is 5. The smallest absolute Gasteiger partial charge is 0.344 e. The molecule has 0 aliphatic heterocycles. The molecule has 0 fully saturated rings. The first-order valence-electron chi connectivity index (χ1n) is 11.5. The molecule has 4 aromatic rings. The van der Waals surface area contributed by atoms with Crippen molar-refractivity contribution in [2.45, 2.75) is 45.1 Å². The van der Waals surface area contributed by atoms with Crippen molar-refractivity contribution in [3.8, 4) is 17.3 Å². The molecule has 0 radical (unpaired) electrons. The lowest BCUT2D eigenvalue weighted by Gasteiger charge is -2.12. The number of aryl methyl sites for hydroxylation is 1. The second-order valence-electron chi connectivity index (χ2n) is 8.41. The van der Waals surface area contributed by atoms with Crippen LogP contribution >= 0.6 is 11.3 Å². The SMILES string of the molecule is CC(OC(=O)c1cnn2c(-c3ccccc3)ccnc12)C(=O)Nc1sc2c(c1C#N)CCCCC2. The van der Waals surface area contributed by atoms with Crippen LogP contribution in [0.15, 0.2) is 48.8 Å². The molecule has 1 aliphatic carbocycles. The number of hydrogen-bond acceptors (Lipinski definition) is 7. The molecule has 3 aromatic heterocycles. The van der Waals surface area contributed by atoms with E-state index in [1.807, 2.05) is 36.4 Å². The molecule has 9 heteroatoms. The number of nitriles is 1. The second kappa shape index (κ2) is 9.68. The normalized spacial score (nSPS) is 13.9. The monoisotopic (exact) mass is 485 g/mol. The van der Waals surface area contributed by atoms with Gasteiger partial charge in [-0.1, -0.05) is 36.8 Å². The summed E-state index contributed by atoms with van der Waals surface area (Å²) in [6.45, 7) is 1.51. The van der Waals surface area contributed by atoms with Crippen molar-refractivity contribution in [3.05, 3.63) is 70.4 Å². The van der Waals surface area contributed by atoms with Crippen LogP contribution in [0.3, 0.4) is 0 Å². The zero-order valence-electron chi connectivity index (χ0n) is 19.2. The first-order valence-corrected chi connectivity index (χ1v) is 12.3. The number of aromatic nitrogens is 3. The number of anilines is 1. The number of benzene rings is 1. The molecule has 1 atom stereocenters. The van der Waals surface area contributed by atoms with Crippen LogP contribution in [-0.4, -0.2) is 32.6 Å². The largest absolute Gasteiger partial charge is 0.449 e. The van der Waals surface area contributed by atoms with Gasteiger partial charge in [0.15, 0.2) is 11.8 Å². The van der Waals surface area contributed by atoms with Gasteiger partial charge in [0.2, 0.25) is 0 Å². The molecule has 8 nitrogen and oxygen atoms in total. The summed E-state index contributed by atoms with van der Waals surface area (Å²) in [5.74, 6) is -1.18. The Kier molecular flexibility index (Phi) is 6.29. The van der Waals surface area contributed by atoms with Crippen LogP contribution in [0, 0.1) is 11.3 Å². The third-order valence-electron chi connectivity index (χ3n) is 6.11. The Morgan fingerprint density at radius 3 is 2.77 bits per heavy atom. The summed E-state index contributed by atoms with van der Waals surface area (Å²) in [6, 6.07) is 13.7. The summed E-state index contributed by atoms with van der Waals surface area (Å²) >= 11 is 1.45. The highest BCUT2D eigenvalue weighted by atomic mass is 32.1. The molecule has 1 unspecified atom stereocenters. The Labute approximate surface area is 206 Å². The minimum Gasteiger partial charge on any atom is -0.449 e. The molecule has 176 valence electrons. The van der Waals surface area contributed by atoms with Crippen molar-refractivity contribution in [1.82, 2.24) is 14.6 Å². The first kappa shape index (κ1) is 22.7. The maximum Gasteiger partial charge on any atom is 0.344 e. The van der Waals surface area contributed by atoms with Gasteiger partial charge in [-0.2, -0.15) is 10.4 Å². The summed E-state index contributed by atoms with van der Waals surface area (Å²) in [5, 5.41) is 17.3. The molecule has 0 spiro atoms. The maximum absolute atomic E-state index is 12.9. The Bertz CT molecular complexity index is 1450. The highest BCUT2D eigenvalue weighted by Gasteiger charge is 2.26. The molecule has 0 saturated carbocycles. The van der Waals surface area contributed by atoms with Crippen molar-refractivity contribution in [2.75, 3.05) is 5.32 Å². The maximum atomic E-state index is 12.9. The molecule has 0 saturated heterocycles. The van der Waals surface area contributed by atoms with Crippen LogP contribution in [-0.2, 0) is 22.4 Å². The van der Waals surface area contributed by atoms with Crippen LogP contribution < -0.4 is 5.32 Å². The van der Waals surface area contributed by atoms with Gasteiger partial charge in [-0.25, -0.2) is 14.3 Å². The topological polar surface area (TPSA) is 109 Å². The zero-order chi connectivity index (χ0) is 24.4. The molecule has 3 heterocycles. The summed E-state index contributed by atoms with van der Waals surface area (Å²) in [6.07, 6.45) is 6.97. The number of ether oxygens (including phenoxy) is 1. The highest BCUT2D eigenvalue weighted by molar-refractivity contribution is 7.16. The van der Waals surface area contributed by atoms with Crippen molar-refractivity contribution < 1.29 is 14.3 Å². The number of hydrogen-bond donors (Lipinski definition) is 1. The molecule has 0 bridgehead atoms. The first-order chi connectivity index (χ1) is 17.1. The summed E-state index contributed by atoms with van der Waals surface area (Å²) in [4.78, 5) is 31.2. The van der Waals surface area contributed by atoms with Crippen molar-refractivity contribution in [3.63, 3.8) is 0 Å². The third kappa shape index (κ3) is 4.40. The predicted octanol–water partition coefficient (Wildman–Crippen LogP) is 4.78. The van der Waals surface area contributed by atoms with E-state index >= 15 is 0 Å². The molecular weight excluding hydrogens is 462 g/mol. The lowest BCUT2D eigenvalue weighted by molar-refractivity contribution is -0.123. The van der Waals surface area contributed by atoms with E-state index in [0.717, 1.165) is 53.8 Å². The lowest BCUT2D eigenvalue weighted by atomic mass is 10.1. The quantitative estimate of drug-likeness (QED) is 0.322. The standard InChI is InChI=1S/C26H23N5O3S/c1-16(24(32)30-25-19(14-27)18-10-6-3-7-11-22(18)35-25)34-26(33)20-15-29-31-21(12-13-28-23(20)31)17-8-4-2-5-9-17/h2,4-5,8-9,12-13,15-16H,3,6-7,10-11H2,1H3,(H,30,32). The van der Waals surface area contributed by atoms with Crippen LogP contribution in [0.4, 0.5) is 5.00 Å². The van der Waals surface area contributed by atoms with Gasteiger partial charge in [0.25, 0.3) is 5.91 Å². The molecule has 35 heavy (non-hydrogen) atoms. The highest BCUT2D eigenvalue weighted by Crippen LogP contribution is 2.37. The van der Waals surface area contributed by atoms with Crippen molar-refractivity contribution >= 4 is 33.9 Å². The molecule has 1 aliphatic rings. The summed E-state index contributed by atoms with van der Waals surface area (Å²) < 4.78 is 7.03. The van der Waals surface area contributed by atoms with Crippen molar-refractivity contribution in [1.29, 1.82) is 5.26 Å². The molecule has 1 amide bonds. The predicted molar refractivity (Wildman–Crippen MR) is 132 cm³/mol. The van der Waals surface area contributed by atoms with Gasteiger partial charge < -0.3 is 10.1 Å². The molecular formula is C26H23N5O3S. The van der Waals surface area contributed by atoms with E-state index < -0.39 is 18.0 Å². The lowest BCUT2D eigenvalue weighted by Crippen LogP contribution is -2.30. The van der Waals surface area contributed by atoms with E-state index in [-0.39, 0.29) is 5.56 Å². The zero-order valence-corrected chi connectivity index (χ0v) is 20.0. The van der Waals surface area contributed by atoms with Gasteiger partial charge in [0, 0.05) is 16.6 Å². The molecule has 5 rings (SSSR count). The fourth-order valence-electron chi connectivity index (χ4n) is 4.30. The third-order valence-corrected chi connectivity index (χ3v) is 7.32. The summed E-state index contributed by atoms with van der Waals surface area (Å²) in [7, 11) is 0. The van der Waals surface area contributed by atoms with Crippen LogP contribution in [0.25, 0.3) is 16.9 Å². The van der Waals surface area contributed by atoms with E-state index in [4.69, 9.17) is 4.74 Å². The van der Waals surface area contributed by atoms with Crippen LogP contribution in [0.1, 0.15) is 52.5 Å². The average Bonchev–Trinajstić information content (AvgIpc) is 3.37. The van der Waals surface area contributed by atoms with E-state index in [0.29, 0.717) is 16.2 Å². The van der Waals surface area contributed by atoms with Gasteiger partial charge in [0.05, 0.1) is 17.5 Å². The number of esters is 1. The number of amides is 1. The number of nitrogens with one attached hydrogen (secondary N) is 1. The Hall–Kier alpha value is -4.03. The van der Waals surface area contributed by atoms with E-state index in [2.05, 4.69) is 21.5 Å². The van der Waals surface area contributed by atoms with E-state index in [1.165, 1.54) is 24.5 Å². The molecule has 1 N–H and O–H groups in total. The van der Waals surface area contributed by atoms with Gasteiger partial charge in [-0.05, 0) is 44.2 Å². The Morgan fingerprint density at radius 2 is 1.97 bits per heavy atom. The van der Waals surface area contributed by atoms with Gasteiger partial charge in [0.1, 0.15) is 16.6 Å². The van der Waals surface area contributed by atoms with E-state index in [9.17, 15) is 14.9 Å². The van der Waals surface area contributed by atoms with E-state index in [1.54, 1.807) is 10.7 Å².